The smallest absolute Gasteiger partial charge is 0.288 e. The third-order valence-corrected chi connectivity index (χ3v) is 22.5. The van der Waals surface area contributed by atoms with Crippen molar-refractivity contribution in [3.63, 3.8) is 0 Å². The van der Waals surface area contributed by atoms with Crippen molar-refractivity contribution < 1.29 is 0 Å². The lowest BCUT2D eigenvalue weighted by Gasteiger charge is -2.17. The Bertz CT molecular complexity index is 6470. The van der Waals surface area contributed by atoms with Crippen LogP contribution in [0.3, 0.4) is 0 Å². The molecule has 0 aliphatic rings. The van der Waals surface area contributed by atoms with Gasteiger partial charge < -0.3 is 18.3 Å². The molecular formula is C88H53BN6S2. The van der Waals surface area contributed by atoms with Crippen LogP contribution in [-0.4, -0.2) is 34.9 Å². The molecular weight excluding hydrogens is 1220 g/mol. The molecule has 450 valence electrons. The number of hydrogen-bond donors (Lipinski definition) is 0. The van der Waals surface area contributed by atoms with Crippen LogP contribution in [0.15, 0.2) is 322 Å². The Balaban J connectivity index is 0.680. The third-order valence-electron chi connectivity index (χ3n) is 20.2. The number of para-hydroxylation sites is 4. The SMILES string of the molecule is c1ccc(B(c2cccc(-c3cccc(-n4c5ccccc5c5ccc6c(c7ccccc7n6-c6ccc7sc8ccccc8c7c6)c54)c3)n2)c2cccc(-c3cccc(-n4c5ccccc5c5ccc6c(c7ccccc7n6-c6ccc7sc8ccccc8c7c6)c54)c3)n2)cc1. The molecule has 0 saturated heterocycles. The summed E-state index contributed by atoms with van der Waals surface area (Å²) in [5, 5.41) is 14.9. The van der Waals surface area contributed by atoms with Gasteiger partial charge in [-0.1, -0.05) is 194 Å². The molecule has 9 heteroatoms. The van der Waals surface area contributed by atoms with E-state index in [-0.39, 0.29) is 6.71 Å². The van der Waals surface area contributed by atoms with Gasteiger partial charge in [0.2, 0.25) is 0 Å². The molecule has 0 fully saturated rings. The molecule has 8 aromatic heterocycles. The molecule has 6 nitrogen and oxygen atoms in total. The maximum atomic E-state index is 5.65. The normalized spacial score (nSPS) is 12.1. The highest BCUT2D eigenvalue weighted by atomic mass is 32.1. The van der Waals surface area contributed by atoms with Gasteiger partial charge in [-0.2, -0.15) is 0 Å². The average molecular weight is 1270 g/mol. The van der Waals surface area contributed by atoms with E-state index < -0.39 is 0 Å². The van der Waals surface area contributed by atoms with Gasteiger partial charge in [0.1, 0.15) is 0 Å². The highest BCUT2D eigenvalue weighted by Gasteiger charge is 2.28. The quantitative estimate of drug-likeness (QED) is 0.135. The first-order valence-electron chi connectivity index (χ1n) is 33.1. The first-order chi connectivity index (χ1) is 48.1. The monoisotopic (exact) mass is 1270 g/mol. The molecule has 97 heavy (non-hydrogen) atoms. The summed E-state index contributed by atoms with van der Waals surface area (Å²) in [5.41, 5.74) is 20.6. The largest absolute Gasteiger partial charge is 0.309 e. The Morgan fingerprint density at radius 3 is 1.09 bits per heavy atom. The van der Waals surface area contributed by atoms with Crippen LogP contribution in [-0.2, 0) is 0 Å². The summed E-state index contributed by atoms with van der Waals surface area (Å²) in [6.07, 6.45) is 0. The van der Waals surface area contributed by atoms with E-state index in [1.54, 1.807) is 0 Å². The summed E-state index contributed by atoms with van der Waals surface area (Å²) < 4.78 is 15.1. The van der Waals surface area contributed by atoms with E-state index in [9.17, 15) is 0 Å². The molecule has 21 rings (SSSR count). The van der Waals surface area contributed by atoms with Gasteiger partial charge >= 0.3 is 0 Å². The molecule has 0 N–H and O–H groups in total. The highest BCUT2D eigenvalue weighted by Crippen LogP contribution is 2.46. The van der Waals surface area contributed by atoms with Crippen molar-refractivity contribution in [1.82, 2.24) is 28.2 Å². The second kappa shape index (κ2) is 21.2. The number of rotatable bonds is 9. The molecule has 21 aromatic rings. The van der Waals surface area contributed by atoms with Crippen molar-refractivity contribution in [2.75, 3.05) is 0 Å². The Labute approximate surface area is 564 Å². The Morgan fingerprint density at radius 2 is 0.619 bits per heavy atom. The fraction of sp³-hybridized carbons (Fsp3) is 0. The Kier molecular flexibility index (Phi) is 11.9. The van der Waals surface area contributed by atoms with Gasteiger partial charge in [0.25, 0.3) is 6.71 Å². The zero-order valence-electron chi connectivity index (χ0n) is 52.2. The van der Waals surface area contributed by atoms with Gasteiger partial charge in [0, 0.05) is 128 Å². The van der Waals surface area contributed by atoms with Gasteiger partial charge in [0.05, 0.1) is 55.5 Å². The van der Waals surface area contributed by atoms with Crippen molar-refractivity contribution in [1.29, 1.82) is 0 Å². The summed E-state index contributed by atoms with van der Waals surface area (Å²) in [4.78, 5) is 11.3. The standard InChI is InChI=1S/C88H53BN6S2/c1-2-22-56(23-3-1)89(83-40-18-32-71(90-83)54-20-16-24-57(50-54)94-73-34-10-4-26-61(73)65-44-46-77-85(87(65)94)67-30-6-12-36-75(67)92(77)59-42-48-81-69(52-59)63-28-8-14-38-79(63)96-81)84-41-19-33-72(91-84)55-21-17-25-58(51-55)95-74-35-11-5-27-62(74)66-45-47-78-86(88(66)95)68-31-7-13-37-76(68)93(78)60-43-49-82-70(53-60)64-29-9-15-39-80(64)97-82/h1-53H. The van der Waals surface area contributed by atoms with Gasteiger partial charge in [-0.15, -0.1) is 22.7 Å². The van der Waals surface area contributed by atoms with Crippen LogP contribution < -0.4 is 16.6 Å². The lowest BCUT2D eigenvalue weighted by molar-refractivity contribution is 1.18. The molecule has 0 unspecified atom stereocenters. The predicted molar refractivity (Wildman–Crippen MR) is 414 cm³/mol. The van der Waals surface area contributed by atoms with Crippen molar-refractivity contribution in [3.8, 4) is 45.3 Å². The second-order valence-electron chi connectivity index (χ2n) is 25.5. The highest BCUT2D eigenvalue weighted by molar-refractivity contribution is 7.26. The van der Waals surface area contributed by atoms with E-state index in [4.69, 9.17) is 9.97 Å². The van der Waals surface area contributed by atoms with Crippen LogP contribution >= 0.6 is 22.7 Å². The molecule has 0 bridgehead atoms. The maximum absolute atomic E-state index is 5.65. The molecule has 0 aliphatic carbocycles. The van der Waals surface area contributed by atoms with Crippen LogP contribution in [0.4, 0.5) is 0 Å². The number of nitrogens with zero attached hydrogens (tertiary/aromatic N) is 6. The van der Waals surface area contributed by atoms with Crippen LogP contribution in [0.1, 0.15) is 0 Å². The zero-order chi connectivity index (χ0) is 63.4. The molecule has 0 amide bonds. The number of pyridine rings is 2. The summed E-state index contributed by atoms with van der Waals surface area (Å²) >= 11 is 3.71. The van der Waals surface area contributed by atoms with E-state index in [1.165, 1.54) is 117 Å². The maximum Gasteiger partial charge on any atom is 0.288 e. The van der Waals surface area contributed by atoms with E-state index in [0.717, 1.165) is 72.9 Å². The van der Waals surface area contributed by atoms with Crippen molar-refractivity contribution in [3.05, 3.63) is 322 Å². The minimum absolute atomic E-state index is 0.267. The Hall–Kier alpha value is -12.1. The van der Waals surface area contributed by atoms with E-state index in [1.807, 2.05) is 22.7 Å². The predicted octanol–water partition coefficient (Wildman–Crippen LogP) is 21.5. The van der Waals surface area contributed by atoms with E-state index >= 15 is 0 Å². The first kappa shape index (κ1) is 54.3. The van der Waals surface area contributed by atoms with Crippen molar-refractivity contribution >= 4 is 174 Å². The van der Waals surface area contributed by atoms with Gasteiger partial charge in [0.15, 0.2) is 0 Å². The first-order valence-corrected chi connectivity index (χ1v) is 34.7. The lowest BCUT2D eigenvalue weighted by atomic mass is 9.40. The van der Waals surface area contributed by atoms with Crippen LogP contribution in [0.2, 0.25) is 0 Å². The minimum atomic E-state index is -0.267. The van der Waals surface area contributed by atoms with Gasteiger partial charge in [-0.25, -0.2) is 0 Å². The van der Waals surface area contributed by atoms with Crippen LogP contribution in [0.5, 0.6) is 0 Å². The fourth-order valence-electron chi connectivity index (χ4n) is 16.1. The number of hydrogen-bond acceptors (Lipinski definition) is 4. The van der Waals surface area contributed by atoms with Crippen molar-refractivity contribution in [2.24, 2.45) is 0 Å². The van der Waals surface area contributed by atoms with Crippen LogP contribution in [0, 0.1) is 0 Å². The third kappa shape index (κ3) is 8.20. The molecule has 0 radical (unpaired) electrons. The topological polar surface area (TPSA) is 45.5 Å². The number of aromatic nitrogens is 6. The second-order valence-corrected chi connectivity index (χ2v) is 27.7. The number of fused-ring (bicyclic) bond motifs is 20. The molecule has 8 heterocycles. The van der Waals surface area contributed by atoms with E-state index in [2.05, 4.69) is 340 Å². The number of benzene rings is 13. The summed E-state index contributed by atoms with van der Waals surface area (Å²) in [7, 11) is 0. The zero-order valence-corrected chi connectivity index (χ0v) is 53.8. The molecule has 0 atom stereocenters. The molecule has 0 saturated carbocycles. The van der Waals surface area contributed by atoms with Crippen LogP contribution in [0.25, 0.3) is 173 Å². The molecule has 0 spiro atoms. The Morgan fingerprint density at radius 1 is 0.237 bits per heavy atom. The average Bonchev–Trinajstić information content (AvgIpc) is 1.56. The number of thiophene rings is 2. The summed E-state index contributed by atoms with van der Waals surface area (Å²) in [6, 6.07) is 118. The van der Waals surface area contributed by atoms with Crippen molar-refractivity contribution in [2.45, 2.75) is 0 Å². The van der Waals surface area contributed by atoms with E-state index in [0.29, 0.717) is 0 Å². The fourth-order valence-corrected chi connectivity index (χ4v) is 18.3. The molecule has 13 aromatic carbocycles. The lowest BCUT2D eigenvalue weighted by Crippen LogP contribution is -2.54. The summed E-state index contributed by atoms with van der Waals surface area (Å²) in [5.74, 6) is 0. The summed E-state index contributed by atoms with van der Waals surface area (Å²) in [6.45, 7) is -0.267. The van der Waals surface area contributed by atoms with Gasteiger partial charge in [-0.3, -0.25) is 9.97 Å². The molecule has 0 aliphatic heterocycles. The minimum Gasteiger partial charge on any atom is -0.309 e. The van der Waals surface area contributed by atoms with Gasteiger partial charge in [-0.05, 0) is 133 Å².